The number of carbonyl (C=O) groups is 8. The second-order valence-electron chi connectivity index (χ2n) is 20.8. The van der Waals surface area contributed by atoms with Crippen molar-refractivity contribution in [3.05, 3.63) is 96.1 Å². The Kier molecular flexibility index (Phi) is 15.8. The molecule has 4 aliphatic heterocycles. The molecular formula is C54H70N12O8. The average Bonchev–Trinajstić information content (AvgIpc) is 4.27. The molecule has 10 amide bonds. The first-order valence-electron chi connectivity index (χ1n) is 26.2. The second-order valence-corrected chi connectivity index (χ2v) is 20.8. The maximum atomic E-state index is 14.5. The first-order valence-corrected chi connectivity index (χ1v) is 26.2. The van der Waals surface area contributed by atoms with Crippen LogP contribution in [0.2, 0.25) is 0 Å². The van der Waals surface area contributed by atoms with Gasteiger partial charge < -0.3 is 62.1 Å². The van der Waals surface area contributed by atoms with E-state index in [1.807, 2.05) is 36.4 Å². The predicted octanol–water partition coefficient (Wildman–Crippen LogP) is 2.41. The second kappa shape index (κ2) is 22.6. The number of likely N-dealkylation sites (N-methyl/N-ethyl adjacent to an activating group) is 2. The van der Waals surface area contributed by atoms with E-state index in [2.05, 4.69) is 66.8 Å². The van der Waals surface area contributed by atoms with Crippen molar-refractivity contribution in [3.8, 4) is 0 Å². The Labute approximate surface area is 431 Å². The van der Waals surface area contributed by atoms with Crippen molar-refractivity contribution < 1.29 is 38.4 Å². The predicted molar refractivity (Wildman–Crippen MR) is 277 cm³/mol. The fourth-order valence-corrected chi connectivity index (χ4v) is 11.1. The summed E-state index contributed by atoms with van der Waals surface area (Å²) in [7, 11) is 3.27. The quantitative estimate of drug-likeness (QED) is 0.117. The fraction of sp³-hybridized carbons (Fsp3) is 0.519. The SMILES string of the molecule is CN[C@@H](C)C(=O)N[C@H]1CN(C(=O)Nc2ccc(NC(=O)N3CC[C@H]4CC[C@@H](C(=O)N[C@H]5C[C@@H]5c5ccccc5)N4C(=O)[C@H](NC(=O)[C@H](C)NC)C3)cc2)CC[C@H]2CC[C@@H](C(=O)N[C@H]3C[C@@H]3c3ccccc3)N2C1=O. The van der Waals surface area contributed by atoms with E-state index >= 15 is 0 Å². The zero-order valence-corrected chi connectivity index (χ0v) is 42.6. The molecule has 9 rings (SSSR count). The smallest absolute Gasteiger partial charge is 0.321 e. The molecule has 8 N–H and O–H groups in total. The van der Waals surface area contributed by atoms with Gasteiger partial charge in [-0.25, -0.2) is 9.59 Å². The van der Waals surface area contributed by atoms with Gasteiger partial charge >= 0.3 is 12.1 Å². The molecule has 74 heavy (non-hydrogen) atoms. The maximum absolute atomic E-state index is 14.5. The van der Waals surface area contributed by atoms with E-state index < -0.39 is 71.9 Å². The van der Waals surface area contributed by atoms with Crippen LogP contribution < -0.4 is 42.5 Å². The summed E-state index contributed by atoms with van der Waals surface area (Å²) in [5, 5.41) is 23.7. The highest BCUT2D eigenvalue weighted by Crippen LogP contribution is 2.42. The van der Waals surface area contributed by atoms with E-state index in [-0.39, 0.29) is 74.0 Å². The summed E-state index contributed by atoms with van der Waals surface area (Å²) in [6.07, 6.45) is 4.59. The number of nitrogens with one attached hydrogen (secondary N) is 8. The highest BCUT2D eigenvalue weighted by Gasteiger charge is 2.50. The molecule has 20 heteroatoms. The lowest BCUT2D eigenvalue weighted by Gasteiger charge is -2.39. The van der Waals surface area contributed by atoms with Gasteiger partial charge in [0, 0.05) is 60.5 Å². The highest BCUT2D eigenvalue weighted by molar-refractivity contribution is 5.97. The molecule has 3 aromatic carbocycles. The Bertz CT molecular complexity index is 2400. The van der Waals surface area contributed by atoms with Crippen LogP contribution in [0.1, 0.15) is 88.2 Å². The van der Waals surface area contributed by atoms with Crippen LogP contribution in [0, 0.1) is 0 Å². The number of hydrogen-bond acceptors (Lipinski definition) is 10. The third-order valence-electron chi connectivity index (χ3n) is 15.9. The number of rotatable bonds is 14. The number of benzene rings is 3. The van der Waals surface area contributed by atoms with E-state index in [9.17, 15) is 38.4 Å². The van der Waals surface area contributed by atoms with Crippen molar-refractivity contribution in [2.24, 2.45) is 0 Å². The summed E-state index contributed by atoms with van der Waals surface area (Å²) >= 11 is 0. The van der Waals surface area contributed by atoms with Gasteiger partial charge in [0.25, 0.3) is 0 Å². The van der Waals surface area contributed by atoms with E-state index in [4.69, 9.17) is 0 Å². The minimum Gasteiger partial charge on any atom is -0.351 e. The Morgan fingerprint density at radius 3 is 1.24 bits per heavy atom. The van der Waals surface area contributed by atoms with E-state index in [1.54, 1.807) is 62.0 Å². The van der Waals surface area contributed by atoms with Crippen LogP contribution in [0.4, 0.5) is 21.0 Å². The van der Waals surface area contributed by atoms with Crippen molar-refractivity contribution >= 4 is 58.9 Å². The molecule has 4 heterocycles. The summed E-state index contributed by atoms with van der Waals surface area (Å²) < 4.78 is 0. The molecular weight excluding hydrogens is 945 g/mol. The molecule has 0 spiro atoms. The summed E-state index contributed by atoms with van der Waals surface area (Å²) in [4.78, 5) is 117. The number of anilines is 2. The van der Waals surface area contributed by atoms with Gasteiger partial charge in [0.15, 0.2) is 0 Å². The molecule has 6 fully saturated rings. The minimum absolute atomic E-state index is 0.0155. The van der Waals surface area contributed by atoms with Crippen LogP contribution in [0.5, 0.6) is 0 Å². The van der Waals surface area contributed by atoms with Crippen LogP contribution in [-0.2, 0) is 28.8 Å². The lowest BCUT2D eigenvalue weighted by molar-refractivity contribution is -0.144. The summed E-state index contributed by atoms with van der Waals surface area (Å²) in [6.45, 7) is 3.59. The van der Waals surface area contributed by atoms with Crippen molar-refractivity contribution in [2.75, 3.05) is 50.9 Å². The standard InChI is InChI=1S/C54H70N12O8/c1-31(55-3)47(67)61-43-29-63(25-23-37-19-21-45(65(37)51(43)71)49(69)59-41-27-39(41)33-11-7-5-8-12-33)53(73)57-35-15-17-36(18-16-35)58-54(74)64-26-24-38-20-22-46(50(70)60-42-28-40(42)34-13-9-6-10-14-34)66(38)52(72)44(30-64)62-48(68)32(2)56-4/h5-18,31-32,37-46,55-56H,19-30H2,1-4H3,(H,57,73)(H,58,74)(H,59,69)(H,60,70)(H,61,67)(H,62,68)/t31-,32-,37+,38+,39+,40+,41-,42-,43-,44+,45-,46-/m0/s1. The van der Waals surface area contributed by atoms with Gasteiger partial charge in [0.05, 0.1) is 25.2 Å². The molecule has 3 aromatic rings. The van der Waals surface area contributed by atoms with Gasteiger partial charge in [0.1, 0.15) is 24.2 Å². The Morgan fingerprint density at radius 2 is 0.878 bits per heavy atom. The molecule has 12 atom stereocenters. The topological polar surface area (TPSA) is 246 Å². The monoisotopic (exact) mass is 1010 g/mol. The van der Waals surface area contributed by atoms with Gasteiger partial charge in [-0.2, -0.15) is 0 Å². The Morgan fingerprint density at radius 1 is 0.500 bits per heavy atom. The maximum Gasteiger partial charge on any atom is 0.321 e. The first kappa shape index (κ1) is 51.8. The van der Waals surface area contributed by atoms with Gasteiger partial charge in [-0.1, -0.05) is 60.7 Å². The number of hydrogen-bond donors (Lipinski definition) is 8. The zero-order valence-electron chi connectivity index (χ0n) is 42.6. The molecule has 6 aliphatic rings. The molecule has 4 saturated heterocycles. The summed E-state index contributed by atoms with van der Waals surface area (Å²) in [6, 6.07) is 20.0. The number of carbonyl (C=O) groups excluding carboxylic acids is 8. The lowest BCUT2D eigenvalue weighted by Crippen LogP contribution is -2.62. The van der Waals surface area contributed by atoms with Crippen LogP contribution in [0.15, 0.2) is 84.9 Å². The van der Waals surface area contributed by atoms with Crippen LogP contribution in [-0.4, -0.2) is 168 Å². The van der Waals surface area contributed by atoms with Crippen molar-refractivity contribution in [3.63, 3.8) is 0 Å². The van der Waals surface area contributed by atoms with Crippen molar-refractivity contribution in [2.45, 2.75) is 137 Å². The summed E-state index contributed by atoms with van der Waals surface area (Å²) in [5.41, 5.74) is 3.14. The van der Waals surface area contributed by atoms with E-state index in [1.165, 1.54) is 9.80 Å². The van der Waals surface area contributed by atoms with E-state index in [0.717, 1.165) is 24.0 Å². The largest absolute Gasteiger partial charge is 0.351 e. The van der Waals surface area contributed by atoms with Gasteiger partial charge in [-0.3, -0.25) is 28.8 Å². The molecule has 0 aromatic heterocycles. The zero-order chi connectivity index (χ0) is 52.2. The summed E-state index contributed by atoms with van der Waals surface area (Å²) in [5.74, 6) is -1.65. The van der Waals surface area contributed by atoms with E-state index in [0.29, 0.717) is 49.9 Å². The van der Waals surface area contributed by atoms with Gasteiger partial charge in [-0.05, 0) is 115 Å². The number of urea groups is 2. The minimum atomic E-state index is -1.12. The molecule has 0 unspecified atom stereocenters. The van der Waals surface area contributed by atoms with Crippen LogP contribution >= 0.6 is 0 Å². The Balaban J connectivity index is 0.822. The molecule has 2 aliphatic carbocycles. The molecule has 2 saturated carbocycles. The van der Waals surface area contributed by atoms with Crippen molar-refractivity contribution in [1.29, 1.82) is 0 Å². The number of fused-ring (bicyclic) bond motifs is 2. The Hall–Kier alpha value is -7.06. The normalized spacial score (nSPS) is 28.2. The molecule has 394 valence electrons. The first-order chi connectivity index (χ1) is 35.7. The highest BCUT2D eigenvalue weighted by atomic mass is 16.2. The van der Waals surface area contributed by atoms with Crippen LogP contribution in [0.25, 0.3) is 0 Å². The van der Waals surface area contributed by atoms with Gasteiger partial charge in [-0.15, -0.1) is 0 Å². The number of nitrogens with zero attached hydrogens (tertiary/aromatic N) is 4. The third kappa shape index (κ3) is 11.7. The molecule has 0 radical (unpaired) electrons. The molecule has 20 nitrogen and oxygen atoms in total. The van der Waals surface area contributed by atoms with Crippen LogP contribution in [0.3, 0.4) is 0 Å². The number of amides is 10. The van der Waals surface area contributed by atoms with Crippen molar-refractivity contribution in [1.82, 2.24) is 51.5 Å². The van der Waals surface area contributed by atoms with Gasteiger partial charge in [0.2, 0.25) is 35.4 Å². The third-order valence-corrected chi connectivity index (χ3v) is 15.9. The average molecular weight is 1020 g/mol. The lowest BCUT2D eigenvalue weighted by atomic mass is 10.1. The fourth-order valence-electron chi connectivity index (χ4n) is 11.1. The molecule has 0 bridgehead atoms.